The Bertz CT molecular complexity index is 858. The van der Waals surface area contributed by atoms with Gasteiger partial charge in [-0.15, -0.1) is 0 Å². The highest BCUT2D eigenvalue weighted by Gasteiger charge is 2.18. The lowest BCUT2D eigenvalue weighted by Crippen LogP contribution is -2.34. The van der Waals surface area contributed by atoms with E-state index in [4.69, 9.17) is 25.8 Å². The molecule has 0 spiro atoms. The van der Waals surface area contributed by atoms with Crippen LogP contribution in [0.25, 0.3) is 0 Å². The van der Waals surface area contributed by atoms with Crippen LogP contribution in [0.15, 0.2) is 36.4 Å². The third-order valence-corrected chi connectivity index (χ3v) is 4.27. The van der Waals surface area contributed by atoms with Gasteiger partial charge in [0.2, 0.25) is 0 Å². The summed E-state index contributed by atoms with van der Waals surface area (Å²) in [5, 5.41) is 0.164. The molecule has 0 aliphatic heterocycles. The van der Waals surface area contributed by atoms with Crippen LogP contribution in [0.3, 0.4) is 0 Å². The monoisotopic (exact) mass is 409 g/mol. The quantitative estimate of drug-likeness (QED) is 0.622. The molecule has 0 heterocycles. The van der Waals surface area contributed by atoms with Crippen LogP contribution in [0.4, 0.5) is 4.39 Å². The number of hydrogen-bond acceptors (Lipinski definition) is 5. The predicted octanol–water partition coefficient (Wildman–Crippen LogP) is 3.70. The third-order valence-electron chi connectivity index (χ3n) is 4.03. The van der Waals surface area contributed by atoms with Crippen LogP contribution in [0.1, 0.15) is 22.8 Å². The molecule has 6 nitrogen and oxygen atoms in total. The zero-order valence-electron chi connectivity index (χ0n) is 15.8. The molecule has 0 aliphatic carbocycles. The second kappa shape index (κ2) is 9.94. The number of nitrogens with zero attached hydrogens (tertiary/aromatic N) is 1. The average molecular weight is 410 g/mol. The van der Waals surface area contributed by atoms with Gasteiger partial charge in [-0.3, -0.25) is 4.79 Å². The minimum absolute atomic E-state index is 0.164. The van der Waals surface area contributed by atoms with Gasteiger partial charge in [0.15, 0.2) is 18.1 Å². The molecule has 0 N–H and O–H groups in total. The molecule has 0 saturated heterocycles. The molecule has 0 aromatic heterocycles. The van der Waals surface area contributed by atoms with Crippen LogP contribution in [-0.4, -0.2) is 44.1 Å². The molecule has 1 amide bonds. The Morgan fingerprint density at radius 2 is 1.79 bits per heavy atom. The minimum atomic E-state index is -0.926. The number of ether oxygens (including phenoxy) is 3. The standard InChI is InChI=1S/C20H21ClFNO5/c1-4-23(11-13-5-8-17(26-2)18(9-13)27-3)19(24)12-28-20(25)15-7-6-14(21)10-16(15)22/h5-10H,4,11-12H2,1-3H3. The molecule has 2 aromatic rings. The molecular formula is C20H21ClFNO5. The number of benzene rings is 2. The van der Waals surface area contributed by atoms with Crippen molar-refractivity contribution in [3.05, 3.63) is 58.4 Å². The summed E-state index contributed by atoms with van der Waals surface area (Å²) >= 11 is 5.66. The SMILES string of the molecule is CCN(Cc1ccc(OC)c(OC)c1)C(=O)COC(=O)c1ccc(Cl)cc1F. The highest BCUT2D eigenvalue weighted by Crippen LogP contribution is 2.28. The van der Waals surface area contributed by atoms with Crippen LogP contribution < -0.4 is 9.47 Å². The van der Waals surface area contributed by atoms with E-state index in [-0.39, 0.29) is 10.6 Å². The Labute approximate surface area is 167 Å². The maximum atomic E-state index is 13.8. The van der Waals surface area contributed by atoms with Crippen LogP contribution in [0, 0.1) is 5.82 Å². The van der Waals surface area contributed by atoms with Crippen molar-refractivity contribution in [2.24, 2.45) is 0 Å². The summed E-state index contributed by atoms with van der Waals surface area (Å²) < 4.78 is 29.2. The van der Waals surface area contributed by atoms with Crippen LogP contribution in [0.2, 0.25) is 5.02 Å². The summed E-state index contributed by atoms with van der Waals surface area (Å²) in [5.74, 6) is -1.000. The third kappa shape index (κ3) is 5.36. The van der Waals surface area contributed by atoms with E-state index in [2.05, 4.69) is 0 Å². The van der Waals surface area contributed by atoms with E-state index in [0.717, 1.165) is 11.6 Å². The zero-order valence-corrected chi connectivity index (χ0v) is 16.6. The van der Waals surface area contributed by atoms with E-state index < -0.39 is 24.3 Å². The number of likely N-dealkylation sites (N-methyl/N-ethyl adjacent to an activating group) is 1. The topological polar surface area (TPSA) is 65.1 Å². The van der Waals surface area contributed by atoms with Crippen LogP contribution in [-0.2, 0) is 16.1 Å². The van der Waals surface area contributed by atoms with E-state index in [9.17, 15) is 14.0 Å². The number of halogens is 2. The van der Waals surface area contributed by atoms with Crippen molar-refractivity contribution in [2.45, 2.75) is 13.5 Å². The lowest BCUT2D eigenvalue weighted by molar-refractivity contribution is -0.135. The van der Waals surface area contributed by atoms with Crippen molar-refractivity contribution in [3.8, 4) is 11.5 Å². The number of hydrogen-bond donors (Lipinski definition) is 0. The molecule has 0 bridgehead atoms. The Kier molecular flexibility index (Phi) is 7.63. The number of methoxy groups -OCH3 is 2. The molecule has 0 saturated carbocycles. The van der Waals surface area contributed by atoms with Gasteiger partial charge in [0, 0.05) is 18.1 Å². The minimum Gasteiger partial charge on any atom is -0.493 e. The van der Waals surface area contributed by atoms with Gasteiger partial charge in [0.25, 0.3) is 5.91 Å². The lowest BCUT2D eigenvalue weighted by atomic mass is 10.2. The maximum absolute atomic E-state index is 13.8. The number of rotatable bonds is 8. The summed E-state index contributed by atoms with van der Waals surface area (Å²) in [6, 6.07) is 8.92. The number of carbonyl (C=O) groups excluding carboxylic acids is 2. The first-order valence-corrected chi connectivity index (χ1v) is 8.88. The maximum Gasteiger partial charge on any atom is 0.341 e. The fourth-order valence-electron chi connectivity index (χ4n) is 2.53. The van der Waals surface area contributed by atoms with E-state index >= 15 is 0 Å². The van der Waals surface area contributed by atoms with Gasteiger partial charge < -0.3 is 19.1 Å². The zero-order chi connectivity index (χ0) is 20.7. The first-order chi connectivity index (χ1) is 13.4. The molecule has 0 fully saturated rings. The van der Waals surface area contributed by atoms with Gasteiger partial charge in [0.05, 0.1) is 19.8 Å². The lowest BCUT2D eigenvalue weighted by Gasteiger charge is -2.21. The highest BCUT2D eigenvalue weighted by atomic mass is 35.5. The first kappa shape index (κ1) is 21.5. The van der Waals surface area contributed by atoms with Crippen molar-refractivity contribution >= 4 is 23.5 Å². The van der Waals surface area contributed by atoms with Crippen molar-refractivity contribution < 1.29 is 28.2 Å². The van der Waals surface area contributed by atoms with Crippen molar-refractivity contribution in [1.29, 1.82) is 0 Å². The van der Waals surface area contributed by atoms with Gasteiger partial charge in [0.1, 0.15) is 5.82 Å². The van der Waals surface area contributed by atoms with Gasteiger partial charge in [-0.25, -0.2) is 9.18 Å². The number of esters is 1. The van der Waals surface area contributed by atoms with Crippen LogP contribution in [0.5, 0.6) is 11.5 Å². The molecule has 0 radical (unpaired) electrons. The summed E-state index contributed by atoms with van der Waals surface area (Å²) in [6.45, 7) is 2.00. The second-order valence-electron chi connectivity index (χ2n) is 5.80. The van der Waals surface area contributed by atoms with E-state index in [0.29, 0.717) is 24.6 Å². The second-order valence-corrected chi connectivity index (χ2v) is 6.23. The Morgan fingerprint density at radius 1 is 1.07 bits per heavy atom. The Morgan fingerprint density at radius 3 is 2.39 bits per heavy atom. The van der Waals surface area contributed by atoms with Gasteiger partial charge in [-0.1, -0.05) is 17.7 Å². The van der Waals surface area contributed by atoms with Crippen molar-refractivity contribution in [2.75, 3.05) is 27.4 Å². The fourth-order valence-corrected chi connectivity index (χ4v) is 2.69. The molecule has 150 valence electrons. The normalized spacial score (nSPS) is 10.3. The van der Waals surface area contributed by atoms with Crippen LogP contribution >= 0.6 is 11.6 Å². The fraction of sp³-hybridized carbons (Fsp3) is 0.300. The Balaban J connectivity index is 2.00. The van der Waals surface area contributed by atoms with Crippen molar-refractivity contribution in [1.82, 2.24) is 4.90 Å². The number of carbonyl (C=O) groups is 2. The smallest absolute Gasteiger partial charge is 0.341 e. The molecule has 0 aliphatic rings. The molecule has 2 aromatic carbocycles. The predicted molar refractivity (Wildman–Crippen MR) is 102 cm³/mol. The molecule has 0 unspecified atom stereocenters. The van der Waals surface area contributed by atoms with E-state index in [1.54, 1.807) is 19.1 Å². The average Bonchev–Trinajstić information content (AvgIpc) is 2.69. The molecular weight excluding hydrogens is 389 g/mol. The van der Waals surface area contributed by atoms with Crippen molar-refractivity contribution in [3.63, 3.8) is 0 Å². The summed E-state index contributed by atoms with van der Waals surface area (Å²) in [5.41, 5.74) is 0.545. The van der Waals surface area contributed by atoms with Gasteiger partial charge in [-0.05, 0) is 42.8 Å². The van der Waals surface area contributed by atoms with E-state index in [1.165, 1.54) is 31.3 Å². The van der Waals surface area contributed by atoms with E-state index in [1.807, 2.05) is 6.07 Å². The molecule has 0 atom stereocenters. The number of amides is 1. The Hall–Kier alpha value is -2.80. The molecule has 2 rings (SSSR count). The molecule has 8 heteroatoms. The largest absolute Gasteiger partial charge is 0.493 e. The van der Waals surface area contributed by atoms with Gasteiger partial charge >= 0.3 is 5.97 Å². The summed E-state index contributed by atoms with van der Waals surface area (Å²) in [4.78, 5) is 25.9. The first-order valence-electron chi connectivity index (χ1n) is 8.50. The molecule has 28 heavy (non-hydrogen) atoms. The summed E-state index contributed by atoms with van der Waals surface area (Å²) in [6.07, 6.45) is 0. The highest BCUT2D eigenvalue weighted by molar-refractivity contribution is 6.30. The summed E-state index contributed by atoms with van der Waals surface area (Å²) in [7, 11) is 3.07. The van der Waals surface area contributed by atoms with Gasteiger partial charge in [-0.2, -0.15) is 0 Å².